The molecule has 3 N–H and O–H groups in total. The maximum atomic E-state index is 13.5. The van der Waals surface area contributed by atoms with Crippen LogP contribution in [-0.2, 0) is 33.3 Å². The summed E-state index contributed by atoms with van der Waals surface area (Å²) in [7, 11) is 2.92. The maximum Gasteiger partial charge on any atom is 0.410 e. The van der Waals surface area contributed by atoms with E-state index >= 15 is 0 Å². The Hall–Kier alpha value is -2.81. The second-order valence-corrected chi connectivity index (χ2v) is 15.2. The Morgan fingerprint density at radius 2 is 1.88 bits per heavy atom. The first kappa shape index (κ1) is 43.6. The fourth-order valence-electron chi connectivity index (χ4n) is 6.90. The standard InChI is InChI=1S/C39H64N2O11/c1-9-30(43)28(4)36-31(50-36)25-38(5,47)17-10-12-26(2)35-27(3)14-15-32(39(6,49-8)18-16-29(42)24-34(45)52-35)51-37(46)41-22-20-40(21-23-41)19-11-13-33(44)48-7/h10,12,14-15,17,27-32,35-36,42-43,47H,9,11,13,16,18-25H2,1-8H3/b15-14+,17-10+,26-12+/t27-,28?,29+,30?,31+,32-,35+,36+,38?,39+/m0/s1. The number of hydrogen-bond acceptors (Lipinski definition) is 12. The average molecular weight is 737 g/mol. The van der Waals surface area contributed by atoms with E-state index in [1.54, 1.807) is 43.2 Å². The molecule has 3 aliphatic heterocycles. The Labute approximate surface area is 309 Å². The molecule has 3 unspecified atom stereocenters. The molecule has 2 fully saturated rings. The third kappa shape index (κ3) is 13.2. The summed E-state index contributed by atoms with van der Waals surface area (Å²) in [5.74, 6) is -1.14. The lowest BCUT2D eigenvalue weighted by Crippen LogP contribution is -2.51. The van der Waals surface area contributed by atoms with Crippen LogP contribution in [0.15, 0.2) is 36.0 Å². The van der Waals surface area contributed by atoms with Gasteiger partial charge in [-0.3, -0.25) is 14.5 Å². The van der Waals surface area contributed by atoms with Gasteiger partial charge in [0.25, 0.3) is 0 Å². The van der Waals surface area contributed by atoms with Crippen LogP contribution in [0.3, 0.4) is 0 Å². The first-order chi connectivity index (χ1) is 24.5. The predicted molar refractivity (Wildman–Crippen MR) is 195 cm³/mol. The molecule has 0 saturated carbocycles. The van der Waals surface area contributed by atoms with Crippen molar-refractivity contribution in [3.63, 3.8) is 0 Å². The van der Waals surface area contributed by atoms with Crippen LogP contribution in [0, 0.1) is 11.8 Å². The number of hydrogen-bond donors (Lipinski definition) is 3. The summed E-state index contributed by atoms with van der Waals surface area (Å²) in [6.45, 7) is 14.1. The summed E-state index contributed by atoms with van der Waals surface area (Å²) in [6.07, 6.45) is 7.60. The summed E-state index contributed by atoms with van der Waals surface area (Å²) in [4.78, 5) is 41.8. The Morgan fingerprint density at radius 3 is 2.52 bits per heavy atom. The highest BCUT2D eigenvalue weighted by molar-refractivity contribution is 5.70. The summed E-state index contributed by atoms with van der Waals surface area (Å²) >= 11 is 0. The number of aliphatic hydroxyl groups excluding tert-OH is 2. The molecule has 10 atom stereocenters. The van der Waals surface area contributed by atoms with Gasteiger partial charge >= 0.3 is 18.0 Å². The van der Waals surface area contributed by atoms with E-state index in [-0.39, 0.29) is 42.9 Å². The van der Waals surface area contributed by atoms with Gasteiger partial charge in [0, 0.05) is 58.0 Å². The van der Waals surface area contributed by atoms with Gasteiger partial charge in [0.1, 0.15) is 11.7 Å². The van der Waals surface area contributed by atoms with Gasteiger partial charge in [-0.05, 0) is 64.6 Å². The van der Waals surface area contributed by atoms with Gasteiger partial charge in [-0.15, -0.1) is 0 Å². The molecule has 0 aromatic carbocycles. The number of nitrogens with zero attached hydrogens (tertiary/aromatic N) is 2. The van der Waals surface area contributed by atoms with Crippen molar-refractivity contribution in [3.8, 4) is 0 Å². The van der Waals surface area contributed by atoms with Gasteiger partial charge in [-0.2, -0.15) is 0 Å². The number of amides is 1. The minimum Gasteiger partial charge on any atom is -0.469 e. The molecule has 0 aromatic heterocycles. The number of ether oxygens (including phenoxy) is 5. The van der Waals surface area contributed by atoms with E-state index in [2.05, 4.69) is 4.90 Å². The number of allylic oxidation sites excluding steroid dienone is 2. The normalized spacial score (nSPS) is 32.5. The molecular formula is C39H64N2O11. The van der Waals surface area contributed by atoms with Gasteiger partial charge in [-0.25, -0.2) is 4.79 Å². The lowest BCUT2D eigenvalue weighted by Gasteiger charge is -2.38. The fraction of sp³-hybridized carbons (Fsp3) is 0.769. The quantitative estimate of drug-likeness (QED) is 0.0774. The number of cyclic esters (lactones) is 1. The highest BCUT2D eigenvalue weighted by atomic mass is 16.6. The monoisotopic (exact) mass is 736 g/mol. The van der Waals surface area contributed by atoms with Crippen LogP contribution in [0.25, 0.3) is 0 Å². The van der Waals surface area contributed by atoms with Crippen molar-refractivity contribution in [1.29, 1.82) is 0 Å². The van der Waals surface area contributed by atoms with E-state index < -0.39 is 47.7 Å². The molecular weight excluding hydrogens is 672 g/mol. The Kier molecular flexibility index (Phi) is 16.8. The second-order valence-electron chi connectivity index (χ2n) is 15.2. The van der Waals surface area contributed by atoms with Crippen LogP contribution in [-0.4, -0.2) is 138 Å². The van der Waals surface area contributed by atoms with E-state index in [4.69, 9.17) is 23.7 Å². The molecule has 2 saturated heterocycles. The average Bonchev–Trinajstić information content (AvgIpc) is 3.87. The van der Waals surface area contributed by atoms with Gasteiger partial charge in [0.05, 0.1) is 43.5 Å². The first-order valence-corrected chi connectivity index (χ1v) is 18.8. The maximum absolute atomic E-state index is 13.5. The van der Waals surface area contributed by atoms with Crippen molar-refractivity contribution < 1.29 is 53.4 Å². The Balaban J connectivity index is 1.72. The molecule has 0 aliphatic carbocycles. The van der Waals surface area contributed by atoms with Crippen molar-refractivity contribution in [2.45, 2.75) is 134 Å². The van der Waals surface area contributed by atoms with Crippen molar-refractivity contribution in [2.24, 2.45) is 11.8 Å². The molecule has 1 amide bonds. The van der Waals surface area contributed by atoms with E-state index in [1.165, 1.54) is 7.11 Å². The lowest BCUT2D eigenvalue weighted by molar-refractivity contribution is -0.151. The minimum absolute atomic E-state index is 0.0160. The number of aliphatic hydroxyl groups is 3. The minimum atomic E-state index is -1.16. The van der Waals surface area contributed by atoms with Crippen molar-refractivity contribution in [2.75, 3.05) is 46.9 Å². The van der Waals surface area contributed by atoms with Crippen molar-refractivity contribution in [3.05, 3.63) is 36.0 Å². The van der Waals surface area contributed by atoms with Gasteiger partial charge < -0.3 is 43.9 Å². The number of piperazine rings is 1. The van der Waals surface area contributed by atoms with Crippen LogP contribution in [0.4, 0.5) is 4.79 Å². The topological polar surface area (TPSA) is 168 Å². The van der Waals surface area contributed by atoms with Gasteiger partial charge in [0.2, 0.25) is 0 Å². The zero-order valence-corrected chi connectivity index (χ0v) is 32.5. The molecule has 13 nitrogen and oxygen atoms in total. The third-order valence-electron chi connectivity index (χ3n) is 10.8. The number of methoxy groups -OCH3 is 2. The third-order valence-corrected chi connectivity index (χ3v) is 10.8. The van der Waals surface area contributed by atoms with E-state index in [0.29, 0.717) is 58.3 Å². The number of rotatable bonds is 14. The molecule has 3 rings (SSSR count). The summed E-state index contributed by atoms with van der Waals surface area (Å²) in [6, 6.07) is 0. The predicted octanol–water partition coefficient (Wildman–Crippen LogP) is 3.93. The van der Waals surface area contributed by atoms with Crippen LogP contribution < -0.4 is 0 Å². The molecule has 0 aromatic rings. The van der Waals surface area contributed by atoms with Crippen LogP contribution in [0.2, 0.25) is 0 Å². The summed E-state index contributed by atoms with van der Waals surface area (Å²) in [5, 5.41) is 32.0. The smallest absolute Gasteiger partial charge is 0.410 e. The molecule has 3 heterocycles. The number of carbonyl (C=O) groups excluding carboxylic acids is 3. The van der Waals surface area contributed by atoms with Crippen molar-refractivity contribution in [1.82, 2.24) is 9.80 Å². The van der Waals surface area contributed by atoms with Crippen LogP contribution >= 0.6 is 0 Å². The Bertz CT molecular complexity index is 1260. The fourth-order valence-corrected chi connectivity index (χ4v) is 6.90. The number of esters is 2. The van der Waals surface area contributed by atoms with Crippen LogP contribution in [0.5, 0.6) is 0 Å². The molecule has 13 heteroatoms. The molecule has 52 heavy (non-hydrogen) atoms. The number of epoxide rings is 1. The van der Waals surface area contributed by atoms with E-state index in [1.807, 2.05) is 40.7 Å². The summed E-state index contributed by atoms with van der Waals surface area (Å²) in [5.41, 5.74) is -1.43. The molecule has 0 bridgehead atoms. The van der Waals surface area contributed by atoms with Gasteiger partial charge in [0.15, 0.2) is 6.10 Å². The lowest BCUT2D eigenvalue weighted by atomic mass is 9.88. The number of carbonyl (C=O) groups is 3. The highest BCUT2D eigenvalue weighted by Crippen LogP contribution is 2.37. The van der Waals surface area contributed by atoms with Gasteiger partial charge in [-0.1, -0.05) is 45.1 Å². The van der Waals surface area contributed by atoms with E-state index in [0.717, 1.165) is 12.1 Å². The SMILES string of the molecule is CCC(O)C(C)[C@H]1O[C@@H]1CC(C)(O)/C=C/C=C(\C)[C@H]1OC(=O)C[C@H](O)CC[C@@](C)(OC)[C@@H](OC(=O)N2CCN(CCCC(=O)OC)CC2)/C=C/[C@@H]1C. The van der Waals surface area contributed by atoms with Crippen LogP contribution in [0.1, 0.15) is 86.5 Å². The summed E-state index contributed by atoms with van der Waals surface area (Å²) < 4.78 is 28.4. The van der Waals surface area contributed by atoms with Crippen molar-refractivity contribution >= 4 is 18.0 Å². The zero-order valence-electron chi connectivity index (χ0n) is 32.5. The molecule has 296 valence electrons. The molecule has 3 aliphatic rings. The Morgan fingerprint density at radius 1 is 1.19 bits per heavy atom. The second kappa shape index (κ2) is 20.0. The molecule has 0 radical (unpaired) electrons. The first-order valence-electron chi connectivity index (χ1n) is 18.8. The largest absolute Gasteiger partial charge is 0.469 e. The highest BCUT2D eigenvalue weighted by Gasteiger charge is 2.47. The zero-order chi connectivity index (χ0) is 38.6. The molecule has 0 spiro atoms. The van der Waals surface area contributed by atoms with E-state index in [9.17, 15) is 29.7 Å².